The van der Waals surface area contributed by atoms with Crippen LogP contribution >= 0.6 is 0 Å². The fraction of sp³-hybridized carbons (Fsp3) is 0.385. The SMILES string of the molecule is COCCCC(Nc1ccc([N+](=O)[O-])c(C#N)c1)C(=O)O. The predicted molar refractivity (Wildman–Crippen MR) is 74.0 cm³/mol. The number of nitro groups is 1. The van der Waals surface area contributed by atoms with Crippen LogP contribution in [0.5, 0.6) is 0 Å². The van der Waals surface area contributed by atoms with Gasteiger partial charge in [-0.2, -0.15) is 5.26 Å². The average molecular weight is 293 g/mol. The van der Waals surface area contributed by atoms with Gasteiger partial charge in [0.2, 0.25) is 0 Å². The molecule has 0 radical (unpaired) electrons. The lowest BCUT2D eigenvalue weighted by molar-refractivity contribution is -0.385. The second-order valence-electron chi connectivity index (χ2n) is 4.27. The van der Waals surface area contributed by atoms with Crippen LogP contribution in [0.3, 0.4) is 0 Å². The lowest BCUT2D eigenvalue weighted by Crippen LogP contribution is -2.29. The summed E-state index contributed by atoms with van der Waals surface area (Å²) >= 11 is 0. The summed E-state index contributed by atoms with van der Waals surface area (Å²) in [6.45, 7) is 0.440. The van der Waals surface area contributed by atoms with Gasteiger partial charge in [-0.25, -0.2) is 4.79 Å². The van der Waals surface area contributed by atoms with Crippen molar-refractivity contribution in [3.63, 3.8) is 0 Å². The Morgan fingerprint density at radius 2 is 2.33 bits per heavy atom. The quantitative estimate of drug-likeness (QED) is 0.425. The molecule has 2 N–H and O–H groups in total. The molecule has 0 aliphatic carbocycles. The summed E-state index contributed by atoms with van der Waals surface area (Å²) in [6.07, 6.45) is 0.889. The Labute approximate surface area is 121 Å². The number of ether oxygens (including phenoxy) is 1. The van der Waals surface area contributed by atoms with Crippen molar-refractivity contribution in [2.45, 2.75) is 18.9 Å². The zero-order valence-electron chi connectivity index (χ0n) is 11.4. The lowest BCUT2D eigenvalue weighted by atomic mass is 10.1. The second-order valence-corrected chi connectivity index (χ2v) is 4.27. The van der Waals surface area contributed by atoms with Crippen LogP contribution in [0, 0.1) is 21.4 Å². The van der Waals surface area contributed by atoms with Crippen molar-refractivity contribution in [2.24, 2.45) is 0 Å². The van der Waals surface area contributed by atoms with E-state index < -0.39 is 16.9 Å². The molecule has 0 heterocycles. The molecule has 112 valence electrons. The van der Waals surface area contributed by atoms with Crippen LogP contribution < -0.4 is 5.32 Å². The molecule has 8 heteroatoms. The number of nitriles is 1. The van der Waals surface area contributed by atoms with Gasteiger partial charge in [0.15, 0.2) is 0 Å². The van der Waals surface area contributed by atoms with Crippen LogP contribution in [-0.2, 0) is 9.53 Å². The van der Waals surface area contributed by atoms with Gasteiger partial charge in [0.05, 0.1) is 4.92 Å². The third kappa shape index (κ3) is 4.74. The molecule has 0 saturated carbocycles. The Bertz CT molecular complexity index is 567. The summed E-state index contributed by atoms with van der Waals surface area (Å²) in [6, 6.07) is 4.69. The maximum absolute atomic E-state index is 11.2. The highest BCUT2D eigenvalue weighted by molar-refractivity contribution is 5.77. The smallest absolute Gasteiger partial charge is 0.326 e. The van der Waals surface area contributed by atoms with E-state index in [1.165, 1.54) is 25.3 Å². The Balaban J connectivity index is 2.87. The van der Waals surface area contributed by atoms with Gasteiger partial charge in [-0.05, 0) is 25.0 Å². The molecule has 1 aromatic carbocycles. The van der Waals surface area contributed by atoms with Gasteiger partial charge in [0.1, 0.15) is 17.7 Å². The van der Waals surface area contributed by atoms with Crippen LogP contribution in [-0.4, -0.2) is 35.8 Å². The van der Waals surface area contributed by atoms with Gasteiger partial charge in [0, 0.05) is 25.5 Å². The number of hydrogen-bond donors (Lipinski definition) is 2. The first-order valence-corrected chi connectivity index (χ1v) is 6.16. The summed E-state index contributed by atoms with van der Waals surface area (Å²) in [5.74, 6) is -1.04. The highest BCUT2D eigenvalue weighted by atomic mass is 16.6. The van der Waals surface area contributed by atoms with Crippen LogP contribution in [0.4, 0.5) is 11.4 Å². The number of nitrogens with one attached hydrogen (secondary N) is 1. The standard InChI is InChI=1S/C13H15N3O5/c1-21-6-2-3-11(13(17)18)15-10-4-5-12(16(19)20)9(7-10)8-14/h4-5,7,11,15H,2-3,6H2,1H3,(H,17,18). The average Bonchev–Trinajstić information content (AvgIpc) is 2.45. The monoisotopic (exact) mass is 293 g/mol. The first-order valence-electron chi connectivity index (χ1n) is 6.16. The number of anilines is 1. The van der Waals surface area contributed by atoms with Crippen molar-refractivity contribution in [3.8, 4) is 6.07 Å². The molecule has 0 aromatic heterocycles. The minimum absolute atomic E-state index is 0.119. The van der Waals surface area contributed by atoms with Crippen molar-refractivity contribution >= 4 is 17.3 Å². The Morgan fingerprint density at radius 1 is 1.62 bits per heavy atom. The zero-order valence-corrected chi connectivity index (χ0v) is 11.4. The number of carboxylic acid groups (broad SMARTS) is 1. The van der Waals surface area contributed by atoms with E-state index in [1.54, 1.807) is 6.07 Å². The van der Waals surface area contributed by atoms with Gasteiger partial charge >= 0.3 is 5.97 Å². The van der Waals surface area contributed by atoms with E-state index in [9.17, 15) is 14.9 Å². The number of hydrogen-bond acceptors (Lipinski definition) is 6. The van der Waals surface area contributed by atoms with Gasteiger partial charge in [0.25, 0.3) is 5.69 Å². The van der Waals surface area contributed by atoms with Crippen molar-refractivity contribution in [1.29, 1.82) is 5.26 Å². The molecule has 21 heavy (non-hydrogen) atoms. The van der Waals surface area contributed by atoms with Crippen LogP contribution in [0.15, 0.2) is 18.2 Å². The van der Waals surface area contributed by atoms with E-state index in [4.69, 9.17) is 15.1 Å². The maximum Gasteiger partial charge on any atom is 0.326 e. The normalized spacial score (nSPS) is 11.4. The molecule has 0 bridgehead atoms. The van der Waals surface area contributed by atoms with E-state index >= 15 is 0 Å². The van der Waals surface area contributed by atoms with E-state index in [0.717, 1.165) is 0 Å². The van der Waals surface area contributed by atoms with E-state index in [2.05, 4.69) is 5.32 Å². The molecule has 1 atom stereocenters. The first kappa shape index (κ1) is 16.4. The molecule has 0 aliphatic rings. The van der Waals surface area contributed by atoms with E-state index in [0.29, 0.717) is 25.1 Å². The number of carboxylic acids is 1. The summed E-state index contributed by atoms with van der Waals surface area (Å²) in [7, 11) is 1.53. The second kappa shape index (κ2) is 7.81. The molecule has 1 aromatic rings. The molecule has 0 spiro atoms. The molecular formula is C13H15N3O5. The van der Waals surface area contributed by atoms with Gasteiger partial charge < -0.3 is 15.2 Å². The summed E-state index contributed by atoms with van der Waals surface area (Å²) in [5.41, 5.74) is -0.0812. The third-order valence-corrected chi connectivity index (χ3v) is 2.79. The number of nitrogens with zero attached hydrogens (tertiary/aromatic N) is 2. The van der Waals surface area contributed by atoms with Crippen LogP contribution in [0.1, 0.15) is 18.4 Å². The topological polar surface area (TPSA) is 125 Å². The highest BCUT2D eigenvalue weighted by Crippen LogP contribution is 2.22. The van der Waals surface area contributed by atoms with Crippen LogP contribution in [0.2, 0.25) is 0 Å². The van der Waals surface area contributed by atoms with E-state index in [1.807, 2.05) is 0 Å². The van der Waals surface area contributed by atoms with Crippen molar-refractivity contribution in [1.82, 2.24) is 0 Å². The van der Waals surface area contributed by atoms with Gasteiger partial charge in [-0.3, -0.25) is 10.1 Å². The van der Waals surface area contributed by atoms with Gasteiger partial charge in [-0.15, -0.1) is 0 Å². The van der Waals surface area contributed by atoms with E-state index in [-0.39, 0.29) is 11.3 Å². The van der Waals surface area contributed by atoms with Crippen LogP contribution in [0.25, 0.3) is 0 Å². The van der Waals surface area contributed by atoms with Crippen molar-refractivity contribution in [3.05, 3.63) is 33.9 Å². The molecule has 1 unspecified atom stereocenters. The van der Waals surface area contributed by atoms with Gasteiger partial charge in [-0.1, -0.05) is 0 Å². The number of carbonyl (C=O) groups is 1. The molecular weight excluding hydrogens is 278 g/mol. The Hall–Kier alpha value is -2.66. The molecule has 8 nitrogen and oxygen atoms in total. The van der Waals surface area contributed by atoms with Crippen molar-refractivity contribution < 1.29 is 19.6 Å². The number of rotatable bonds is 8. The minimum Gasteiger partial charge on any atom is -0.480 e. The first-order chi connectivity index (χ1) is 9.99. The molecule has 0 saturated heterocycles. The number of nitro benzene ring substituents is 1. The lowest BCUT2D eigenvalue weighted by Gasteiger charge is -2.15. The number of methoxy groups -OCH3 is 1. The predicted octanol–water partition coefficient (Wildman–Crippen LogP) is 1.76. The Morgan fingerprint density at radius 3 is 2.86 bits per heavy atom. The third-order valence-electron chi connectivity index (χ3n) is 2.79. The Kier molecular flexibility index (Phi) is 6.10. The zero-order chi connectivity index (χ0) is 15.8. The fourth-order valence-corrected chi connectivity index (χ4v) is 1.76. The summed E-state index contributed by atoms with van der Waals surface area (Å²) in [4.78, 5) is 21.2. The fourth-order valence-electron chi connectivity index (χ4n) is 1.76. The highest BCUT2D eigenvalue weighted by Gasteiger charge is 2.19. The number of aliphatic carboxylic acids is 1. The maximum atomic E-state index is 11.2. The minimum atomic E-state index is -1.04. The molecule has 0 amide bonds. The molecule has 0 aliphatic heterocycles. The summed E-state index contributed by atoms with van der Waals surface area (Å²) < 4.78 is 4.86. The van der Waals surface area contributed by atoms with Crippen molar-refractivity contribution in [2.75, 3.05) is 19.0 Å². The number of benzene rings is 1. The summed E-state index contributed by atoms with van der Waals surface area (Å²) in [5, 5.41) is 31.5. The molecule has 0 fully saturated rings. The molecule has 1 rings (SSSR count). The largest absolute Gasteiger partial charge is 0.480 e.